The first kappa shape index (κ1) is 23.5. The molecular weight excluding hydrogens is 458 g/mol. The lowest BCUT2D eigenvalue weighted by atomic mass is 10.0. The van der Waals surface area contributed by atoms with Crippen molar-refractivity contribution in [3.05, 3.63) is 89.4 Å². The fourth-order valence-corrected chi connectivity index (χ4v) is 4.06. The van der Waals surface area contributed by atoms with Crippen molar-refractivity contribution < 1.29 is 19.5 Å². The van der Waals surface area contributed by atoms with Crippen molar-refractivity contribution in [1.82, 2.24) is 24.6 Å². The predicted molar refractivity (Wildman–Crippen MR) is 131 cm³/mol. The van der Waals surface area contributed by atoms with E-state index in [1.54, 1.807) is 25.5 Å². The summed E-state index contributed by atoms with van der Waals surface area (Å²) in [6.07, 6.45) is 4.53. The van der Waals surface area contributed by atoms with Crippen LogP contribution in [0.3, 0.4) is 0 Å². The van der Waals surface area contributed by atoms with Gasteiger partial charge in [0.05, 0.1) is 18.2 Å². The molecule has 1 aliphatic rings. The van der Waals surface area contributed by atoms with Gasteiger partial charge in [0.1, 0.15) is 17.6 Å². The van der Waals surface area contributed by atoms with Gasteiger partial charge in [-0.05, 0) is 43.3 Å². The molecule has 36 heavy (non-hydrogen) atoms. The first-order chi connectivity index (χ1) is 17.4. The number of carboxylic acid groups (broad SMARTS) is 1. The number of aliphatic hydroxyl groups is 1. The molecule has 0 aliphatic carbocycles. The molecule has 0 spiro atoms. The highest BCUT2D eigenvalue weighted by Crippen LogP contribution is 2.22. The van der Waals surface area contributed by atoms with Crippen molar-refractivity contribution in [1.29, 1.82) is 0 Å². The highest BCUT2D eigenvalue weighted by molar-refractivity contribution is 5.71. The molecule has 0 bridgehead atoms. The summed E-state index contributed by atoms with van der Waals surface area (Å²) in [5.41, 5.74) is 4.20. The smallest absolute Gasteiger partial charge is 0.309 e. The molecule has 4 aromatic rings. The maximum atomic E-state index is 10.9. The predicted octanol–water partition coefficient (Wildman–Crippen LogP) is 2.95. The molecule has 2 N–H and O–H groups in total. The van der Waals surface area contributed by atoms with Gasteiger partial charge < -0.3 is 19.3 Å². The van der Waals surface area contributed by atoms with Crippen molar-refractivity contribution in [3.8, 4) is 23.2 Å². The van der Waals surface area contributed by atoms with E-state index in [4.69, 9.17) is 9.63 Å². The Bertz CT molecular complexity index is 1400. The lowest BCUT2D eigenvalue weighted by molar-refractivity contribution is -0.147. The summed E-state index contributed by atoms with van der Waals surface area (Å²) < 4.78 is 7.35. The number of carbonyl (C=O) groups is 1. The van der Waals surface area contributed by atoms with E-state index in [-0.39, 0.29) is 5.92 Å². The second kappa shape index (κ2) is 10.2. The van der Waals surface area contributed by atoms with Crippen molar-refractivity contribution in [2.75, 3.05) is 13.1 Å². The number of aliphatic hydroxyl groups excluding tert-OH is 1. The molecule has 5 rings (SSSR count). The van der Waals surface area contributed by atoms with E-state index in [1.807, 2.05) is 47.0 Å². The van der Waals surface area contributed by atoms with Crippen molar-refractivity contribution >= 4 is 5.97 Å². The topological polar surface area (TPSA) is 118 Å². The third-order valence-electron chi connectivity index (χ3n) is 6.05. The fourth-order valence-electron chi connectivity index (χ4n) is 4.06. The molecule has 9 heteroatoms. The van der Waals surface area contributed by atoms with Gasteiger partial charge in [-0.3, -0.25) is 14.7 Å². The molecule has 1 fully saturated rings. The Balaban J connectivity index is 1.18. The average Bonchev–Trinajstić information content (AvgIpc) is 3.51. The number of imidazole rings is 1. The largest absolute Gasteiger partial charge is 0.481 e. The van der Waals surface area contributed by atoms with Gasteiger partial charge in [0.2, 0.25) is 0 Å². The molecule has 1 unspecified atom stereocenters. The summed E-state index contributed by atoms with van der Waals surface area (Å²) >= 11 is 0. The molecule has 1 saturated heterocycles. The van der Waals surface area contributed by atoms with Gasteiger partial charge in [-0.25, -0.2) is 4.98 Å². The molecule has 4 heterocycles. The minimum atomic E-state index is -0.735. The second-order valence-corrected chi connectivity index (χ2v) is 8.87. The summed E-state index contributed by atoms with van der Waals surface area (Å²) in [5.74, 6) is 6.51. The van der Waals surface area contributed by atoms with E-state index in [2.05, 4.69) is 31.9 Å². The normalized spacial score (nSPS) is 14.6. The first-order valence-corrected chi connectivity index (χ1v) is 11.6. The van der Waals surface area contributed by atoms with E-state index in [9.17, 15) is 9.90 Å². The van der Waals surface area contributed by atoms with Crippen LogP contribution < -0.4 is 0 Å². The maximum absolute atomic E-state index is 10.9. The Kier molecular flexibility index (Phi) is 6.62. The number of rotatable bonds is 7. The number of aromatic nitrogens is 4. The van der Waals surface area contributed by atoms with Crippen LogP contribution in [0.1, 0.15) is 41.4 Å². The number of pyridine rings is 1. The van der Waals surface area contributed by atoms with Gasteiger partial charge in [-0.15, -0.1) is 0 Å². The number of hydrogen-bond donors (Lipinski definition) is 2. The monoisotopic (exact) mass is 483 g/mol. The van der Waals surface area contributed by atoms with Crippen LogP contribution in [-0.4, -0.2) is 53.9 Å². The van der Waals surface area contributed by atoms with E-state index >= 15 is 0 Å². The summed E-state index contributed by atoms with van der Waals surface area (Å²) in [4.78, 5) is 21.6. The van der Waals surface area contributed by atoms with Crippen LogP contribution in [0.25, 0.3) is 11.3 Å². The zero-order valence-electron chi connectivity index (χ0n) is 19.7. The van der Waals surface area contributed by atoms with Crippen LogP contribution in [0.15, 0.2) is 65.6 Å². The zero-order valence-corrected chi connectivity index (χ0v) is 19.7. The minimum Gasteiger partial charge on any atom is -0.481 e. The van der Waals surface area contributed by atoms with Crippen LogP contribution in [0.5, 0.6) is 0 Å². The summed E-state index contributed by atoms with van der Waals surface area (Å²) in [5, 5.41) is 22.9. The van der Waals surface area contributed by atoms with E-state index < -0.39 is 12.1 Å². The number of carboxylic acids is 1. The Morgan fingerprint density at radius 2 is 1.83 bits per heavy atom. The van der Waals surface area contributed by atoms with Gasteiger partial charge in [0, 0.05) is 61.0 Å². The van der Waals surface area contributed by atoms with Gasteiger partial charge in [-0.2, -0.15) is 0 Å². The maximum Gasteiger partial charge on any atom is 0.309 e. The average molecular weight is 484 g/mol. The van der Waals surface area contributed by atoms with Crippen molar-refractivity contribution in [2.24, 2.45) is 5.92 Å². The second-order valence-electron chi connectivity index (χ2n) is 8.87. The molecule has 0 saturated carbocycles. The molecule has 1 aliphatic heterocycles. The third kappa shape index (κ3) is 5.35. The summed E-state index contributed by atoms with van der Waals surface area (Å²) in [7, 11) is 0. The Morgan fingerprint density at radius 3 is 2.53 bits per heavy atom. The van der Waals surface area contributed by atoms with Crippen LogP contribution in [0, 0.1) is 17.8 Å². The van der Waals surface area contributed by atoms with Gasteiger partial charge in [0.15, 0.2) is 5.76 Å². The highest BCUT2D eigenvalue weighted by atomic mass is 16.5. The third-order valence-corrected chi connectivity index (χ3v) is 6.05. The minimum absolute atomic E-state index is 0.265. The van der Waals surface area contributed by atoms with Crippen molar-refractivity contribution in [2.45, 2.75) is 26.1 Å². The van der Waals surface area contributed by atoms with Gasteiger partial charge in [-0.1, -0.05) is 17.0 Å². The van der Waals surface area contributed by atoms with Crippen LogP contribution in [-0.2, 0) is 17.9 Å². The molecule has 1 atom stereocenters. The number of nitrogens with zero attached hydrogens (tertiary/aromatic N) is 5. The zero-order chi connectivity index (χ0) is 25.1. The number of aliphatic carboxylic acids is 1. The van der Waals surface area contributed by atoms with Crippen LogP contribution in [0.2, 0.25) is 0 Å². The lowest BCUT2D eigenvalue weighted by Gasteiger charge is -2.36. The SMILES string of the molecule is CC(O)c1nccn1Cc1cc(-c2ccc(C#Cc3ccc(CN4CC(C(=O)O)C4)nc3)cc2)on1. The molecular formula is C27H25N5O4. The molecule has 3 aromatic heterocycles. The molecule has 0 radical (unpaired) electrons. The molecule has 182 valence electrons. The molecule has 0 amide bonds. The van der Waals surface area contributed by atoms with E-state index in [0.717, 1.165) is 28.1 Å². The van der Waals surface area contributed by atoms with Gasteiger partial charge in [0.25, 0.3) is 0 Å². The molecule has 9 nitrogen and oxygen atoms in total. The van der Waals surface area contributed by atoms with Gasteiger partial charge >= 0.3 is 5.97 Å². The highest BCUT2D eigenvalue weighted by Gasteiger charge is 2.32. The molecule has 1 aromatic carbocycles. The fraction of sp³-hybridized carbons (Fsp3) is 0.259. The lowest BCUT2D eigenvalue weighted by Crippen LogP contribution is -2.49. The van der Waals surface area contributed by atoms with E-state index in [0.29, 0.717) is 37.8 Å². The number of hydrogen-bond acceptors (Lipinski definition) is 7. The van der Waals surface area contributed by atoms with E-state index in [1.165, 1.54) is 0 Å². The van der Waals surface area contributed by atoms with Crippen LogP contribution >= 0.6 is 0 Å². The summed E-state index contributed by atoms with van der Waals surface area (Å²) in [6.45, 7) is 3.92. The Morgan fingerprint density at radius 1 is 1.08 bits per heavy atom. The number of likely N-dealkylation sites (tertiary alicyclic amines) is 1. The first-order valence-electron chi connectivity index (χ1n) is 11.6. The van der Waals surface area contributed by atoms with Crippen molar-refractivity contribution in [3.63, 3.8) is 0 Å². The number of benzene rings is 1. The summed E-state index contributed by atoms with van der Waals surface area (Å²) in [6, 6.07) is 13.5. The van der Waals surface area contributed by atoms with Crippen LogP contribution in [0.4, 0.5) is 0 Å². The quantitative estimate of drug-likeness (QED) is 0.385. The Hall–Kier alpha value is -4.26. The standard InChI is InChI=1S/C27H25N5O4/c1-18(33)26-28-10-11-32(26)17-24-12-25(36-30-24)21-7-4-19(5-8-21)2-3-20-6-9-23(29-13-20)16-31-14-22(15-31)27(34)35/h4-13,18,22,33H,14-17H2,1H3,(H,34,35). The Labute approximate surface area is 208 Å².